The number of para-hydroxylation sites is 1. The molecular weight excluding hydrogens is 372 g/mol. The van der Waals surface area contributed by atoms with Crippen LogP contribution in [-0.2, 0) is 17.8 Å². The van der Waals surface area contributed by atoms with E-state index in [0.29, 0.717) is 26.1 Å². The van der Waals surface area contributed by atoms with Gasteiger partial charge in [-0.05, 0) is 30.0 Å². The molecule has 148 valence electrons. The molecule has 2 bridgehead atoms. The average molecular weight is 392 g/mol. The number of carbonyl (C=O) groups excluding carboxylic acids is 1. The number of rotatable bonds is 3. The monoisotopic (exact) mass is 392 g/mol. The summed E-state index contributed by atoms with van der Waals surface area (Å²) in [5.41, 5.74) is 1.86. The van der Waals surface area contributed by atoms with Crippen molar-refractivity contribution in [2.45, 2.75) is 25.3 Å². The summed E-state index contributed by atoms with van der Waals surface area (Å²) in [6.07, 6.45) is 3.12. The van der Waals surface area contributed by atoms with Crippen LogP contribution >= 0.6 is 0 Å². The Morgan fingerprint density at radius 2 is 2.00 bits per heavy atom. The number of aromatic nitrogens is 2. The van der Waals surface area contributed by atoms with Crippen LogP contribution in [0.4, 0.5) is 5.69 Å². The van der Waals surface area contributed by atoms with Crippen molar-refractivity contribution >= 4 is 22.5 Å². The zero-order chi connectivity index (χ0) is 20.1. The van der Waals surface area contributed by atoms with Gasteiger partial charge in [-0.1, -0.05) is 18.2 Å². The number of benzene rings is 1. The number of amides is 1. The summed E-state index contributed by atoms with van der Waals surface area (Å²) in [4.78, 5) is 41.0. The quantitative estimate of drug-likeness (QED) is 0.546. The van der Waals surface area contributed by atoms with Gasteiger partial charge in [-0.25, -0.2) is 0 Å². The van der Waals surface area contributed by atoms with E-state index < -0.39 is 10.5 Å². The molecule has 0 spiro atoms. The SMILES string of the molecule is O=C(Cc1c[nH]c2ccccc12)N1C[C@H]2C[C@H](C1)c1ccc([N+](=O)[O-])c(=O)n1C2. The molecule has 2 aliphatic rings. The van der Waals surface area contributed by atoms with Crippen molar-refractivity contribution < 1.29 is 9.72 Å². The fourth-order valence-corrected chi connectivity index (χ4v) is 4.83. The second kappa shape index (κ2) is 6.58. The van der Waals surface area contributed by atoms with Crippen LogP contribution in [0.5, 0.6) is 0 Å². The normalized spacial score (nSPS) is 20.5. The number of H-pyrrole nitrogens is 1. The number of aromatic amines is 1. The van der Waals surface area contributed by atoms with Crippen molar-refractivity contribution in [1.82, 2.24) is 14.5 Å². The van der Waals surface area contributed by atoms with Gasteiger partial charge in [-0.15, -0.1) is 0 Å². The summed E-state index contributed by atoms with van der Waals surface area (Å²) >= 11 is 0. The van der Waals surface area contributed by atoms with Crippen LogP contribution in [0.25, 0.3) is 10.9 Å². The molecule has 8 heteroatoms. The van der Waals surface area contributed by atoms with E-state index in [1.807, 2.05) is 35.4 Å². The first-order valence-corrected chi connectivity index (χ1v) is 9.72. The Bertz CT molecular complexity index is 1190. The van der Waals surface area contributed by atoms with Crippen LogP contribution in [0, 0.1) is 16.0 Å². The first kappa shape index (κ1) is 17.7. The Morgan fingerprint density at radius 3 is 2.83 bits per heavy atom. The number of nitrogens with one attached hydrogen (secondary N) is 1. The summed E-state index contributed by atoms with van der Waals surface area (Å²) < 4.78 is 1.54. The molecular formula is C21H20N4O4. The highest BCUT2D eigenvalue weighted by molar-refractivity contribution is 5.89. The van der Waals surface area contributed by atoms with E-state index in [4.69, 9.17) is 0 Å². The summed E-state index contributed by atoms with van der Waals surface area (Å²) in [6.45, 7) is 1.53. The molecule has 1 fully saturated rings. The second-order valence-electron chi connectivity index (χ2n) is 7.95. The van der Waals surface area contributed by atoms with Crippen molar-refractivity contribution in [1.29, 1.82) is 0 Å². The third-order valence-electron chi connectivity index (χ3n) is 6.15. The molecule has 8 nitrogen and oxygen atoms in total. The number of piperidine rings is 1. The summed E-state index contributed by atoms with van der Waals surface area (Å²) in [5.74, 6) is 0.234. The molecule has 1 saturated heterocycles. The minimum atomic E-state index is -0.628. The van der Waals surface area contributed by atoms with Crippen molar-refractivity contribution in [3.63, 3.8) is 0 Å². The van der Waals surface area contributed by atoms with E-state index in [2.05, 4.69) is 4.98 Å². The lowest BCUT2D eigenvalue weighted by molar-refractivity contribution is -0.386. The summed E-state index contributed by atoms with van der Waals surface area (Å²) in [5, 5.41) is 12.1. The predicted molar refractivity (Wildman–Crippen MR) is 107 cm³/mol. The molecule has 0 aliphatic carbocycles. The molecule has 2 atom stereocenters. The molecule has 4 heterocycles. The van der Waals surface area contributed by atoms with Crippen molar-refractivity contribution in [2.75, 3.05) is 13.1 Å². The van der Waals surface area contributed by atoms with Gasteiger partial charge in [-0.3, -0.25) is 19.7 Å². The maximum Gasteiger partial charge on any atom is 0.334 e. The first-order valence-electron chi connectivity index (χ1n) is 9.72. The van der Waals surface area contributed by atoms with Gasteiger partial charge in [-0.2, -0.15) is 0 Å². The highest BCUT2D eigenvalue weighted by Crippen LogP contribution is 2.36. The Labute approximate surface area is 165 Å². The Balaban J connectivity index is 1.39. The standard InChI is InChI=1S/C21H20N4O4/c26-20(8-14-9-22-17-4-2-1-3-16(14)17)23-10-13-7-15(12-23)18-5-6-19(25(28)29)21(27)24(18)11-13/h1-6,9,13,15,22H,7-8,10-12H2/t13-,15-/m1/s1. The van der Waals surface area contributed by atoms with Crippen LogP contribution in [0.2, 0.25) is 0 Å². The fourth-order valence-electron chi connectivity index (χ4n) is 4.83. The van der Waals surface area contributed by atoms with Crippen LogP contribution in [0.15, 0.2) is 47.4 Å². The third kappa shape index (κ3) is 2.91. The number of likely N-dealkylation sites (tertiary alicyclic amines) is 1. The summed E-state index contributed by atoms with van der Waals surface area (Å²) in [7, 11) is 0. The number of fused-ring (bicyclic) bond motifs is 5. The molecule has 1 amide bonds. The molecule has 2 aliphatic heterocycles. The smallest absolute Gasteiger partial charge is 0.334 e. The third-order valence-corrected chi connectivity index (χ3v) is 6.15. The van der Waals surface area contributed by atoms with Crippen LogP contribution in [-0.4, -0.2) is 38.4 Å². The molecule has 0 saturated carbocycles. The highest BCUT2D eigenvalue weighted by Gasteiger charge is 2.37. The van der Waals surface area contributed by atoms with E-state index in [1.165, 1.54) is 6.07 Å². The minimum Gasteiger partial charge on any atom is -0.361 e. The van der Waals surface area contributed by atoms with Gasteiger partial charge in [0.2, 0.25) is 5.91 Å². The molecule has 0 radical (unpaired) electrons. The molecule has 1 N–H and O–H groups in total. The molecule has 1 aromatic carbocycles. The van der Waals surface area contributed by atoms with Gasteiger partial charge < -0.3 is 14.5 Å². The van der Waals surface area contributed by atoms with E-state index in [-0.39, 0.29) is 23.4 Å². The second-order valence-corrected chi connectivity index (χ2v) is 7.95. The van der Waals surface area contributed by atoms with Gasteiger partial charge in [0.25, 0.3) is 0 Å². The maximum atomic E-state index is 13.0. The van der Waals surface area contributed by atoms with Gasteiger partial charge in [0.05, 0.1) is 11.3 Å². The van der Waals surface area contributed by atoms with E-state index in [9.17, 15) is 19.7 Å². The Kier molecular flexibility index (Phi) is 4.01. The van der Waals surface area contributed by atoms with Crippen LogP contribution in [0.1, 0.15) is 23.6 Å². The number of nitro groups is 1. The number of nitrogens with zero attached hydrogens (tertiary/aromatic N) is 3. The van der Waals surface area contributed by atoms with Crippen LogP contribution in [0.3, 0.4) is 0 Å². The molecule has 29 heavy (non-hydrogen) atoms. The minimum absolute atomic E-state index is 0.0305. The van der Waals surface area contributed by atoms with Gasteiger partial charge in [0, 0.05) is 54.4 Å². The van der Waals surface area contributed by atoms with Crippen molar-refractivity contribution in [3.05, 3.63) is 74.3 Å². The maximum absolute atomic E-state index is 13.0. The van der Waals surface area contributed by atoms with E-state index in [1.54, 1.807) is 10.6 Å². The van der Waals surface area contributed by atoms with Gasteiger partial charge in [0.15, 0.2) is 0 Å². The summed E-state index contributed by atoms with van der Waals surface area (Å²) in [6, 6.07) is 10.9. The number of pyridine rings is 1. The topological polar surface area (TPSA) is 101 Å². The highest BCUT2D eigenvalue weighted by atomic mass is 16.6. The number of hydrogen-bond acceptors (Lipinski definition) is 4. The van der Waals surface area contributed by atoms with Crippen molar-refractivity contribution in [2.24, 2.45) is 5.92 Å². The van der Waals surface area contributed by atoms with Gasteiger partial charge >= 0.3 is 11.2 Å². The largest absolute Gasteiger partial charge is 0.361 e. The molecule has 3 aromatic rings. The molecule has 5 rings (SSSR count). The number of carbonyl (C=O) groups is 1. The van der Waals surface area contributed by atoms with Crippen molar-refractivity contribution in [3.8, 4) is 0 Å². The van der Waals surface area contributed by atoms with Crippen LogP contribution < -0.4 is 5.56 Å². The lowest BCUT2D eigenvalue weighted by atomic mass is 9.83. The Morgan fingerprint density at radius 1 is 1.17 bits per heavy atom. The fraction of sp³-hybridized carbons (Fsp3) is 0.333. The first-order chi connectivity index (χ1) is 14.0. The Hall–Kier alpha value is -3.42. The van der Waals surface area contributed by atoms with E-state index >= 15 is 0 Å². The zero-order valence-corrected chi connectivity index (χ0v) is 15.7. The predicted octanol–water partition coefficient (Wildman–Crippen LogP) is 2.43. The lowest BCUT2D eigenvalue weighted by Crippen LogP contribution is -2.49. The number of hydrogen-bond donors (Lipinski definition) is 1. The van der Waals surface area contributed by atoms with Gasteiger partial charge in [0.1, 0.15) is 0 Å². The zero-order valence-electron chi connectivity index (χ0n) is 15.7. The van der Waals surface area contributed by atoms with E-state index in [0.717, 1.165) is 28.6 Å². The molecule has 0 unspecified atom stereocenters. The average Bonchev–Trinajstić information content (AvgIpc) is 3.11. The molecule has 2 aromatic heterocycles. The lowest BCUT2D eigenvalue weighted by Gasteiger charge is -2.42.